The van der Waals surface area contributed by atoms with E-state index in [1.165, 1.54) is 11.1 Å². The van der Waals surface area contributed by atoms with Crippen molar-refractivity contribution in [1.82, 2.24) is 0 Å². The molecule has 0 spiro atoms. The number of anilines is 2. The summed E-state index contributed by atoms with van der Waals surface area (Å²) >= 11 is 0. The summed E-state index contributed by atoms with van der Waals surface area (Å²) in [5, 5.41) is 2.82. The fourth-order valence-electron chi connectivity index (χ4n) is 3.87. The van der Waals surface area contributed by atoms with Crippen LogP contribution in [0.5, 0.6) is 0 Å². The van der Waals surface area contributed by atoms with Gasteiger partial charge in [0, 0.05) is 24.3 Å². The van der Waals surface area contributed by atoms with Gasteiger partial charge in [-0.2, -0.15) is 0 Å². The number of ether oxygens (including phenoxy) is 1. The molecule has 1 saturated heterocycles. The van der Waals surface area contributed by atoms with Gasteiger partial charge in [0.15, 0.2) is 6.10 Å². The average molecular weight is 392 g/mol. The summed E-state index contributed by atoms with van der Waals surface area (Å²) in [6.07, 6.45) is 3.74. The first kappa shape index (κ1) is 19.2. The van der Waals surface area contributed by atoms with Gasteiger partial charge in [0.25, 0.3) is 5.91 Å². The third kappa shape index (κ3) is 4.16. The molecule has 6 heteroatoms. The van der Waals surface area contributed by atoms with Gasteiger partial charge >= 0.3 is 5.97 Å². The number of nitrogens with zero attached hydrogens (tertiary/aromatic N) is 1. The third-order valence-electron chi connectivity index (χ3n) is 5.51. The molecule has 150 valence electrons. The molecule has 1 N–H and O–H groups in total. The molecule has 1 aliphatic heterocycles. The average Bonchev–Trinajstić information content (AvgIpc) is 3.36. The van der Waals surface area contributed by atoms with Crippen molar-refractivity contribution in [2.24, 2.45) is 0 Å². The SMILES string of the molecule is C[C@H](OC(=O)c1ccc(N2CCCC2=O)cc1)C(=O)Nc1ccc2c(c1)CCC2. The van der Waals surface area contributed by atoms with Crippen LogP contribution in [-0.2, 0) is 27.2 Å². The van der Waals surface area contributed by atoms with E-state index in [4.69, 9.17) is 4.74 Å². The zero-order valence-electron chi connectivity index (χ0n) is 16.4. The van der Waals surface area contributed by atoms with Crippen LogP contribution < -0.4 is 10.2 Å². The topological polar surface area (TPSA) is 75.7 Å². The number of aryl methyl sites for hydroxylation is 2. The molecule has 0 radical (unpaired) electrons. The summed E-state index contributed by atoms with van der Waals surface area (Å²) in [7, 11) is 0. The first-order chi connectivity index (χ1) is 14.0. The molecule has 1 atom stereocenters. The first-order valence-corrected chi connectivity index (χ1v) is 10.1. The van der Waals surface area contributed by atoms with Gasteiger partial charge in [0.2, 0.25) is 5.91 Å². The fraction of sp³-hybridized carbons (Fsp3) is 0.348. The van der Waals surface area contributed by atoms with E-state index in [1.54, 1.807) is 36.1 Å². The number of nitrogens with one attached hydrogen (secondary N) is 1. The molecule has 4 rings (SSSR count). The lowest BCUT2D eigenvalue weighted by Gasteiger charge is -2.16. The second-order valence-electron chi connectivity index (χ2n) is 7.57. The standard InChI is InChI=1S/C23H24N2O4/c1-15(22(27)24-19-10-7-16-4-2-5-18(16)14-19)29-23(28)17-8-11-20(12-9-17)25-13-3-6-21(25)26/h7-12,14-15H,2-6,13H2,1H3,(H,24,27)/t15-/m0/s1. The zero-order valence-corrected chi connectivity index (χ0v) is 16.4. The van der Waals surface area contributed by atoms with Crippen LogP contribution in [0.3, 0.4) is 0 Å². The molecule has 2 amide bonds. The van der Waals surface area contributed by atoms with Crippen molar-refractivity contribution in [3.05, 3.63) is 59.2 Å². The number of carbonyl (C=O) groups is 3. The number of amides is 2. The maximum Gasteiger partial charge on any atom is 0.338 e. The minimum Gasteiger partial charge on any atom is -0.449 e. The molecular formula is C23H24N2O4. The van der Waals surface area contributed by atoms with Gasteiger partial charge in [-0.15, -0.1) is 0 Å². The maximum absolute atomic E-state index is 12.4. The number of rotatable bonds is 5. The van der Waals surface area contributed by atoms with Crippen LogP contribution in [0.15, 0.2) is 42.5 Å². The van der Waals surface area contributed by atoms with Crippen LogP contribution in [0.4, 0.5) is 11.4 Å². The van der Waals surface area contributed by atoms with E-state index in [-0.39, 0.29) is 11.8 Å². The van der Waals surface area contributed by atoms with Gasteiger partial charge in [-0.3, -0.25) is 9.59 Å². The van der Waals surface area contributed by atoms with E-state index < -0.39 is 12.1 Å². The Kier molecular flexibility index (Phi) is 5.34. The molecule has 0 saturated carbocycles. The Morgan fingerprint density at radius 2 is 1.76 bits per heavy atom. The lowest BCUT2D eigenvalue weighted by atomic mass is 10.1. The van der Waals surface area contributed by atoms with E-state index in [9.17, 15) is 14.4 Å². The Morgan fingerprint density at radius 3 is 2.48 bits per heavy atom. The van der Waals surface area contributed by atoms with Crippen LogP contribution in [0.1, 0.15) is 47.7 Å². The Hall–Kier alpha value is -3.15. The monoisotopic (exact) mass is 392 g/mol. The van der Waals surface area contributed by atoms with Crippen molar-refractivity contribution in [3.63, 3.8) is 0 Å². The van der Waals surface area contributed by atoms with E-state index in [0.717, 1.165) is 37.1 Å². The van der Waals surface area contributed by atoms with Crippen LogP contribution in [0, 0.1) is 0 Å². The molecule has 1 fully saturated rings. The van der Waals surface area contributed by atoms with E-state index >= 15 is 0 Å². The fourth-order valence-corrected chi connectivity index (χ4v) is 3.87. The van der Waals surface area contributed by atoms with Crippen LogP contribution >= 0.6 is 0 Å². The molecule has 0 aromatic heterocycles. The van der Waals surface area contributed by atoms with E-state index in [0.29, 0.717) is 18.5 Å². The number of hydrogen-bond acceptors (Lipinski definition) is 4. The minimum atomic E-state index is -0.921. The Labute approximate surface area is 169 Å². The maximum atomic E-state index is 12.4. The van der Waals surface area contributed by atoms with Crippen molar-refractivity contribution >= 4 is 29.2 Å². The molecule has 0 bridgehead atoms. The third-order valence-corrected chi connectivity index (χ3v) is 5.51. The molecule has 6 nitrogen and oxygen atoms in total. The van der Waals surface area contributed by atoms with Gasteiger partial charge in [-0.1, -0.05) is 6.07 Å². The van der Waals surface area contributed by atoms with Gasteiger partial charge in [0.05, 0.1) is 5.56 Å². The Bertz CT molecular complexity index is 952. The van der Waals surface area contributed by atoms with E-state index in [2.05, 4.69) is 5.32 Å². The minimum absolute atomic E-state index is 0.0946. The Balaban J connectivity index is 1.35. The highest BCUT2D eigenvalue weighted by Crippen LogP contribution is 2.25. The summed E-state index contributed by atoms with van der Waals surface area (Å²) in [5.74, 6) is -0.839. The van der Waals surface area contributed by atoms with Crippen LogP contribution in [0.25, 0.3) is 0 Å². The molecular weight excluding hydrogens is 368 g/mol. The second kappa shape index (κ2) is 8.07. The summed E-state index contributed by atoms with van der Waals surface area (Å²) in [6.45, 7) is 2.25. The predicted molar refractivity (Wildman–Crippen MR) is 110 cm³/mol. The highest BCUT2D eigenvalue weighted by molar-refractivity contribution is 5.98. The van der Waals surface area contributed by atoms with Crippen molar-refractivity contribution in [2.75, 3.05) is 16.8 Å². The van der Waals surface area contributed by atoms with Crippen LogP contribution in [0.2, 0.25) is 0 Å². The molecule has 2 aromatic rings. The van der Waals surface area contributed by atoms with Gasteiger partial charge in [0.1, 0.15) is 0 Å². The zero-order chi connectivity index (χ0) is 20.4. The second-order valence-corrected chi connectivity index (χ2v) is 7.57. The van der Waals surface area contributed by atoms with Gasteiger partial charge in [-0.05, 0) is 80.1 Å². The molecule has 2 aliphatic rings. The van der Waals surface area contributed by atoms with Crippen molar-refractivity contribution in [2.45, 2.75) is 45.1 Å². The molecule has 0 unspecified atom stereocenters. The number of benzene rings is 2. The summed E-state index contributed by atoms with van der Waals surface area (Å²) in [4.78, 5) is 38.3. The highest BCUT2D eigenvalue weighted by Gasteiger charge is 2.23. The van der Waals surface area contributed by atoms with Crippen molar-refractivity contribution in [1.29, 1.82) is 0 Å². The summed E-state index contributed by atoms with van der Waals surface area (Å²) in [6, 6.07) is 12.6. The van der Waals surface area contributed by atoms with Gasteiger partial charge < -0.3 is 15.0 Å². The largest absolute Gasteiger partial charge is 0.449 e. The molecule has 2 aromatic carbocycles. The first-order valence-electron chi connectivity index (χ1n) is 10.1. The smallest absolute Gasteiger partial charge is 0.338 e. The molecule has 1 aliphatic carbocycles. The highest BCUT2D eigenvalue weighted by atomic mass is 16.5. The number of carbonyl (C=O) groups excluding carboxylic acids is 3. The molecule has 1 heterocycles. The van der Waals surface area contributed by atoms with Crippen molar-refractivity contribution in [3.8, 4) is 0 Å². The summed E-state index contributed by atoms with van der Waals surface area (Å²) in [5.41, 5.74) is 4.44. The molecule has 29 heavy (non-hydrogen) atoms. The van der Waals surface area contributed by atoms with Gasteiger partial charge in [-0.25, -0.2) is 4.79 Å². The predicted octanol–water partition coefficient (Wildman–Crippen LogP) is 3.49. The van der Waals surface area contributed by atoms with Crippen LogP contribution in [-0.4, -0.2) is 30.4 Å². The van der Waals surface area contributed by atoms with Crippen molar-refractivity contribution < 1.29 is 19.1 Å². The van der Waals surface area contributed by atoms with E-state index in [1.807, 2.05) is 18.2 Å². The summed E-state index contributed by atoms with van der Waals surface area (Å²) < 4.78 is 5.32. The lowest BCUT2D eigenvalue weighted by molar-refractivity contribution is -0.123. The lowest BCUT2D eigenvalue weighted by Crippen LogP contribution is -2.30. The Morgan fingerprint density at radius 1 is 1.00 bits per heavy atom. The number of fused-ring (bicyclic) bond motifs is 1. The quantitative estimate of drug-likeness (QED) is 0.791. The number of esters is 1. The number of hydrogen-bond donors (Lipinski definition) is 1. The normalized spacial score (nSPS) is 16.4.